The molecule has 1 rings (SSSR count). The van der Waals surface area contributed by atoms with Gasteiger partial charge in [0, 0.05) is 12.5 Å². The van der Waals surface area contributed by atoms with Gasteiger partial charge < -0.3 is 5.32 Å². The molecule has 0 aromatic heterocycles. The Balaban J connectivity index is 2.32. The van der Waals surface area contributed by atoms with Crippen molar-refractivity contribution in [3.8, 4) is 11.8 Å². The molecule has 1 heterocycles. The summed E-state index contributed by atoms with van der Waals surface area (Å²) in [7, 11) is 0. The van der Waals surface area contributed by atoms with Crippen molar-refractivity contribution in [2.45, 2.75) is 13.3 Å². The molecule has 0 amide bonds. The second-order valence-corrected chi connectivity index (χ2v) is 2.08. The topological polar surface area (TPSA) is 12.0 Å². The van der Waals surface area contributed by atoms with Crippen LogP contribution in [0.15, 0.2) is 0 Å². The Morgan fingerprint density at radius 3 is 3.00 bits per heavy atom. The van der Waals surface area contributed by atoms with Crippen molar-refractivity contribution in [3.63, 3.8) is 0 Å². The van der Waals surface area contributed by atoms with Crippen LogP contribution in [0.1, 0.15) is 13.3 Å². The summed E-state index contributed by atoms with van der Waals surface area (Å²) < 4.78 is 0. The minimum absolute atomic E-state index is 0.639. The Kier molecular flexibility index (Phi) is 1.93. The molecule has 1 aliphatic rings. The lowest BCUT2D eigenvalue weighted by Crippen LogP contribution is -2.07. The molecule has 0 aromatic rings. The fourth-order valence-corrected chi connectivity index (χ4v) is 0.982. The third-order valence-electron chi connectivity index (χ3n) is 1.41. The summed E-state index contributed by atoms with van der Waals surface area (Å²) in [6, 6.07) is 0. The van der Waals surface area contributed by atoms with Gasteiger partial charge in [-0.1, -0.05) is 5.92 Å². The summed E-state index contributed by atoms with van der Waals surface area (Å²) in [5.74, 6) is 6.69. The highest BCUT2D eigenvalue weighted by Gasteiger charge is 2.09. The molecule has 1 aliphatic heterocycles. The maximum atomic E-state index is 3.25. The van der Waals surface area contributed by atoms with Crippen LogP contribution in [0.25, 0.3) is 0 Å². The molecule has 0 aliphatic carbocycles. The van der Waals surface area contributed by atoms with E-state index in [2.05, 4.69) is 17.2 Å². The van der Waals surface area contributed by atoms with E-state index in [1.165, 1.54) is 6.42 Å². The van der Waals surface area contributed by atoms with Gasteiger partial charge in [0.25, 0.3) is 0 Å². The second-order valence-electron chi connectivity index (χ2n) is 2.08. The van der Waals surface area contributed by atoms with Crippen molar-refractivity contribution in [2.75, 3.05) is 13.1 Å². The average molecular weight is 109 g/mol. The van der Waals surface area contributed by atoms with Gasteiger partial charge in [-0.3, -0.25) is 0 Å². The molecule has 0 aromatic carbocycles. The standard InChI is InChI=1S/C7H11N/c1-2-3-7-4-5-8-6-7/h7-8H,4-6H2,1H3. The van der Waals surface area contributed by atoms with Crippen LogP contribution in [0.4, 0.5) is 0 Å². The quantitative estimate of drug-likeness (QED) is 0.450. The fourth-order valence-electron chi connectivity index (χ4n) is 0.982. The third-order valence-corrected chi connectivity index (χ3v) is 1.41. The van der Waals surface area contributed by atoms with Gasteiger partial charge >= 0.3 is 0 Å². The lowest BCUT2D eigenvalue weighted by Gasteiger charge is -1.91. The first-order valence-corrected chi connectivity index (χ1v) is 3.06. The molecule has 1 saturated heterocycles. The first kappa shape index (κ1) is 5.65. The number of hydrogen-bond donors (Lipinski definition) is 1. The van der Waals surface area contributed by atoms with Crippen molar-refractivity contribution in [1.29, 1.82) is 0 Å². The van der Waals surface area contributed by atoms with E-state index in [0.29, 0.717) is 5.92 Å². The van der Waals surface area contributed by atoms with Gasteiger partial charge in [0.2, 0.25) is 0 Å². The molecule has 0 radical (unpaired) electrons. The van der Waals surface area contributed by atoms with Crippen LogP contribution < -0.4 is 5.32 Å². The van der Waals surface area contributed by atoms with E-state index in [4.69, 9.17) is 0 Å². The molecule has 1 atom stereocenters. The van der Waals surface area contributed by atoms with Gasteiger partial charge in [0.05, 0.1) is 0 Å². The summed E-state index contributed by atoms with van der Waals surface area (Å²) in [6.45, 7) is 4.15. The van der Waals surface area contributed by atoms with Crippen molar-refractivity contribution in [2.24, 2.45) is 5.92 Å². The van der Waals surface area contributed by atoms with Gasteiger partial charge in [-0.25, -0.2) is 0 Å². The highest BCUT2D eigenvalue weighted by atomic mass is 14.9. The zero-order valence-corrected chi connectivity index (χ0v) is 5.20. The maximum absolute atomic E-state index is 3.25. The van der Waals surface area contributed by atoms with Crippen molar-refractivity contribution < 1.29 is 0 Å². The van der Waals surface area contributed by atoms with Gasteiger partial charge in [-0.15, -0.1) is 5.92 Å². The van der Waals surface area contributed by atoms with Gasteiger partial charge in [0.1, 0.15) is 0 Å². The van der Waals surface area contributed by atoms with E-state index in [9.17, 15) is 0 Å². The lowest BCUT2D eigenvalue weighted by atomic mass is 10.1. The maximum Gasteiger partial charge on any atom is 0.0339 e. The number of nitrogens with one attached hydrogen (secondary N) is 1. The molecule has 0 saturated carbocycles. The minimum atomic E-state index is 0.639. The summed E-state index contributed by atoms with van der Waals surface area (Å²) in [4.78, 5) is 0. The smallest absolute Gasteiger partial charge is 0.0339 e. The van der Waals surface area contributed by atoms with Crippen LogP contribution in [0.5, 0.6) is 0 Å². The van der Waals surface area contributed by atoms with Crippen LogP contribution in [0.3, 0.4) is 0 Å². The molecular formula is C7H11N. The van der Waals surface area contributed by atoms with Crippen LogP contribution in [0.2, 0.25) is 0 Å². The predicted octanol–water partition coefficient (Wildman–Crippen LogP) is 0.619. The highest BCUT2D eigenvalue weighted by Crippen LogP contribution is 2.03. The van der Waals surface area contributed by atoms with E-state index in [-0.39, 0.29) is 0 Å². The molecule has 1 fully saturated rings. The normalized spacial score (nSPS) is 26.9. The summed E-state index contributed by atoms with van der Waals surface area (Å²) >= 11 is 0. The minimum Gasteiger partial charge on any atom is -0.315 e. The van der Waals surface area contributed by atoms with Crippen LogP contribution >= 0.6 is 0 Å². The fraction of sp³-hybridized carbons (Fsp3) is 0.714. The first-order valence-electron chi connectivity index (χ1n) is 3.06. The van der Waals surface area contributed by atoms with E-state index < -0.39 is 0 Å². The zero-order valence-electron chi connectivity index (χ0n) is 5.20. The molecule has 44 valence electrons. The molecular weight excluding hydrogens is 98.1 g/mol. The van der Waals surface area contributed by atoms with Crippen molar-refractivity contribution in [3.05, 3.63) is 0 Å². The predicted molar refractivity (Wildman–Crippen MR) is 34.4 cm³/mol. The SMILES string of the molecule is CC#CC1CCNC1. The van der Waals surface area contributed by atoms with E-state index >= 15 is 0 Å². The average Bonchev–Trinajstić information content (AvgIpc) is 2.19. The van der Waals surface area contributed by atoms with E-state index in [1.54, 1.807) is 0 Å². The first-order chi connectivity index (χ1) is 3.93. The van der Waals surface area contributed by atoms with Crippen LogP contribution in [-0.4, -0.2) is 13.1 Å². The monoisotopic (exact) mass is 109 g/mol. The second kappa shape index (κ2) is 2.74. The zero-order chi connectivity index (χ0) is 5.82. The summed E-state index contributed by atoms with van der Waals surface area (Å²) in [5, 5.41) is 3.25. The molecule has 0 bridgehead atoms. The Labute approximate surface area is 50.5 Å². The molecule has 1 heteroatoms. The van der Waals surface area contributed by atoms with Gasteiger partial charge in [-0.05, 0) is 19.9 Å². The Morgan fingerprint density at radius 2 is 2.50 bits per heavy atom. The summed E-state index contributed by atoms with van der Waals surface area (Å²) in [5.41, 5.74) is 0. The van der Waals surface area contributed by atoms with Gasteiger partial charge in [0.15, 0.2) is 0 Å². The Morgan fingerprint density at radius 1 is 1.62 bits per heavy atom. The van der Waals surface area contributed by atoms with Crippen molar-refractivity contribution >= 4 is 0 Å². The molecule has 1 nitrogen and oxygen atoms in total. The van der Waals surface area contributed by atoms with E-state index in [1.807, 2.05) is 6.92 Å². The largest absolute Gasteiger partial charge is 0.315 e. The molecule has 8 heavy (non-hydrogen) atoms. The Bertz CT molecular complexity index is 112. The number of hydrogen-bond acceptors (Lipinski definition) is 1. The van der Waals surface area contributed by atoms with E-state index in [0.717, 1.165) is 13.1 Å². The van der Waals surface area contributed by atoms with Crippen molar-refractivity contribution in [1.82, 2.24) is 5.32 Å². The van der Waals surface area contributed by atoms with Gasteiger partial charge in [-0.2, -0.15) is 0 Å². The lowest BCUT2D eigenvalue weighted by molar-refractivity contribution is 0.755. The summed E-state index contributed by atoms with van der Waals surface area (Å²) in [6.07, 6.45) is 1.24. The van der Waals surface area contributed by atoms with Crippen LogP contribution in [0, 0.1) is 17.8 Å². The third kappa shape index (κ3) is 1.24. The highest BCUT2D eigenvalue weighted by molar-refractivity contribution is 5.03. The van der Waals surface area contributed by atoms with Crippen LogP contribution in [-0.2, 0) is 0 Å². The molecule has 1 unspecified atom stereocenters. The molecule has 1 N–H and O–H groups in total. The molecule has 0 spiro atoms. The Hall–Kier alpha value is -0.480. The number of rotatable bonds is 0.